The summed E-state index contributed by atoms with van der Waals surface area (Å²) in [5, 5.41) is 19.6. The van der Waals surface area contributed by atoms with Crippen molar-refractivity contribution in [2.24, 2.45) is 5.73 Å². The molecule has 0 saturated carbocycles. The lowest BCUT2D eigenvalue weighted by atomic mass is 10.0. The van der Waals surface area contributed by atoms with Crippen LogP contribution in [0.2, 0.25) is 0 Å². The molecule has 0 aliphatic heterocycles. The van der Waals surface area contributed by atoms with Crippen molar-refractivity contribution >= 4 is 69.9 Å². The predicted molar refractivity (Wildman–Crippen MR) is 172 cm³/mol. The summed E-state index contributed by atoms with van der Waals surface area (Å²) in [7, 11) is 0. The molecule has 2 heterocycles. The molecule has 0 fully saturated rings. The fourth-order valence-electron chi connectivity index (χ4n) is 4.84. The number of nitrogens with two attached hydrogens (primary N) is 1. The van der Waals surface area contributed by atoms with Crippen molar-refractivity contribution in [1.82, 2.24) is 25.9 Å². The molecule has 3 amide bonds. The lowest BCUT2D eigenvalue weighted by Crippen LogP contribution is -2.58. The average Bonchev–Trinajstić information content (AvgIpc) is 3.61. The van der Waals surface area contributed by atoms with Crippen LogP contribution in [0.3, 0.4) is 0 Å². The molecular weight excluding hydrogens is 589 g/mol. The summed E-state index contributed by atoms with van der Waals surface area (Å²) in [6.45, 7) is 0. The number of benzene rings is 2. The lowest BCUT2D eigenvalue weighted by Gasteiger charge is -2.24. The van der Waals surface area contributed by atoms with Gasteiger partial charge in [0.25, 0.3) is 0 Å². The van der Waals surface area contributed by atoms with Gasteiger partial charge in [-0.1, -0.05) is 36.4 Å². The number of para-hydroxylation sites is 2. The van der Waals surface area contributed by atoms with Crippen LogP contribution < -0.4 is 21.7 Å². The van der Waals surface area contributed by atoms with Crippen LogP contribution in [0.5, 0.6) is 0 Å². The highest BCUT2D eigenvalue weighted by Crippen LogP contribution is 2.20. The van der Waals surface area contributed by atoms with Gasteiger partial charge in [0.15, 0.2) is 0 Å². The highest BCUT2D eigenvalue weighted by Gasteiger charge is 2.30. The Morgan fingerprint density at radius 3 is 1.84 bits per heavy atom. The highest BCUT2D eigenvalue weighted by atomic mass is 32.2. The van der Waals surface area contributed by atoms with Crippen molar-refractivity contribution in [1.29, 1.82) is 0 Å². The third kappa shape index (κ3) is 8.12. The number of fused-ring (bicyclic) bond motifs is 2. The number of carbonyl (C=O) groups is 4. The number of hydrogen-bond acceptors (Lipinski definition) is 7. The standard InChI is InChI=1S/C30H36N6O5S2/c1-43-11-10-21(31)27(37)34-24(12-17-14-32-22-8-4-2-6-19(17)22)28(38)36-26(16-42)29(39)35-25(30(40)41)13-18-15-33-23-9-5-3-7-20(18)23/h2-9,14-15,21,24-26,32-33,42H,10-13,16,31H2,1H3,(H,34,37)(H,35,39)(H,36,38)(H,40,41). The van der Waals surface area contributed by atoms with E-state index in [0.29, 0.717) is 12.2 Å². The number of aromatic nitrogens is 2. The van der Waals surface area contributed by atoms with E-state index >= 15 is 0 Å². The molecule has 4 aromatic rings. The van der Waals surface area contributed by atoms with Crippen molar-refractivity contribution in [3.8, 4) is 0 Å². The van der Waals surface area contributed by atoms with E-state index < -0.39 is 47.9 Å². The molecule has 0 bridgehead atoms. The largest absolute Gasteiger partial charge is 0.480 e. The van der Waals surface area contributed by atoms with E-state index in [1.165, 1.54) is 0 Å². The van der Waals surface area contributed by atoms with E-state index in [9.17, 15) is 24.3 Å². The zero-order valence-electron chi connectivity index (χ0n) is 23.6. The monoisotopic (exact) mass is 624 g/mol. The van der Waals surface area contributed by atoms with E-state index in [-0.39, 0.29) is 18.6 Å². The molecule has 0 aliphatic rings. The van der Waals surface area contributed by atoms with Crippen LogP contribution in [0.4, 0.5) is 0 Å². The summed E-state index contributed by atoms with van der Waals surface area (Å²) in [4.78, 5) is 58.0. The SMILES string of the molecule is CSCCC(N)C(=O)NC(Cc1c[nH]c2ccccc12)C(=O)NC(CS)C(=O)NC(Cc1c[nH]c2ccccc12)C(=O)O. The zero-order chi connectivity index (χ0) is 30.9. The number of amides is 3. The van der Waals surface area contributed by atoms with Crippen LogP contribution in [-0.2, 0) is 32.0 Å². The summed E-state index contributed by atoms with van der Waals surface area (Å²) in [6, 6.07) is 10.8. The predicted octanol–water partition coefficient (Wildman–Crippen LogP) is 1.98. The summed E-state index contributed by atoms with van der Waals surface area (Å²) >= 11 is 5.81. The van der Waals surface area contributed by atoms with Crippen LogP contribution >= 0.6 is 24.4 Å². The second-order valence-corrected chi connectivity index (χ2v) is 11.6. The first kappa shape index (κ1) is 32.0. The molecule has 0 aliphatic carbocycles. The number of nitrogens with one attached hydrogen (secondary N) is 5. The molecule has 0 radical (unpaired) electrons. The molecule has 2 aromatic heterocycles. The maximum absolute atomic E-state index is 13.6. The van der Waals surface area contributed by atoms with Gasteiger partial charge in [-0.2, -0.15) is 24.4 Å². The molecule has 13 heteroatoms. The maximum atomic E-state index is 13.6. The van der Waals surface area contributed by atoms with Gasteiger partial charge in [0.05, 0.1) is 6.04 Å². The number of hydrogen-bond donors (Lipinski definition) is 8. The van der Waals surface area contributed by atoms with Gasteiger partial charge in [-0.25, -0.2) is 4.79 Å². The van der Waals surface area contributed by atoms with Gasteiger partial charge in [0.2, 0.25) is 17.7 Å². The molecule has 4 rings (SSSR count). The summed E-state index contributed by atoms with van der Waals surface area (Å²) in [5.74, 6) is -2.44. The van der Waals surface area contributed by atoms with Gasteiger partial charge in [-0.05, 0) is 41.7 Å². The first-order valence-corrected chi connectivity index (χ1v) is 15.8. The van der Waals surface area contributed by atoms with Gasteiger partial charge >= 0.3 is 5.97 Å². The number of thiol groups is 1. The minimum Gasteiger partial charge on any atom is -0.480 e. The molecule has 228 valence electrons. The smallest absolute Gasteiger partial charge is 0.326 e. The quantitative estimate of drug-likeness (QED) is 0.0931. The number of carboxylic acid groups (broad SMARTS) is 1. The van der Waals surface area contributed by atoms with Crippen molar-refractivity contribution in [2.45, 2.75) is 43.4 Å². The lowest BCUT2D eigenvalue weighted by molar-refractivity contribution is -0.142. The topological polar surface area (TPSA) is 182 Å². The van der Waals surface area contributed by atoms with Gasteiger partial charge in [0.1, 0.15) is 18.1 Å². The molecule has 8 N–H and O–H groups in total. The number of aromatic amines is 2. The third-order valence-corrected chi connectivity index (χ3v) is 8.24. The highest BCUT2D eigenvalue weighted by molar-refractivity contribution is 7.98. The van der Waals surface area contributed by atoms with E-state index in [4.69, 9.17) is 5.73 Å². The zero-order valence-corrected chi connectivity index (χ0v) is 25.3. The molecular formula is C30H36N6O5S2. The number of aliphatic carboxylic acids is 1. The third-order valence-electron chi connectivity index (χ3n) is 7.23. The first-order chi connectivity index (χ1) is 20.7. The molecule has 0 spiro atoms. The van der Waals surface area contributed by atoms with Crippen LogP contribution in [0.1, 0.15) is 17.5 Å². The second-order valence-electron chi connectivity index (χ2n) is 10.2. The Bertz CT molecular complexity index is 1590. The van der Waals surface area contributed by atoms with Crippen LogP contribution in [0.25, 0.3) is 21.8 Å². The number of H-pyrrole nitrogens is 2. The van der Waals surface area contributed by atoms with E-state index in [0.717, 1.165) is 32.9 Å². The summed E-state index contributed by atoms with van der Waals surface area (Å²) in [5.41, 5.74) is 9.32. The van der Waals surface area contributed by atoms with Crippen molar-refractivity contribution in [2.75, 3.05) is 17.8 Å². The Labute approximate surface area is 258 Å². The second kappa shape index (κ2) is 15.0. The van der Waals surface area contributed by atoms with Crippen molar-refractivity contribution < 1.29 is 24.3 Å². The van der Waals surface area contributed by atoms with E-state index in [1.807, 2.05) is 54.8 Å². The summed E-state index contributed by atoms with van der Waals surface area (Å²) in [6.07, 6.45) is 6.00. The number of carbonyl (C=O) groups excluding carboxylic acids is 3. The number of carboxylic acids is 1. The van der Waals surface area contributed by atoms with Crippen molar-refractivity contribution in [3.63, 3.8) is 0 Å². The normalized spacial score (nSPS) is 14.1. The number of rotatable bonds is 15. The van der Waals surface area contributed by atoms with Gasteiger partial charge in [-0.3, -0.25) is 14.4 Å². The van der Waals surface area contributed by atoms with E-state index in [2.05, 4.69) is 38.5 Å². The molecule has 4 unspecified atom stereocenters. The van der Waals surface area contributed by atoms with Crippen molar-refractivity contribution in [3.05, 3.63) is 72.1 Å². The molecule has 11 nitrogen and oxygen atoms in total. The molecule has 0 saturated heterocycles. The van der Waals surface area contributed by atoms with Crippen LogP contribution in [0.15, 0.2) is 60.9 Å². The van der Waals surface area contributed by atoms with Gasteiger partial charge in [0, 0.05) is 52.8 Å². The Morgan fingerprint density at radius 1 is 0.814 bits per heavy atom. The van der Waals surface area contributed by atoms with Crippen LogP contribution in [-0.4, -0.2) is 80.7 Å². The Hall–Kier alpha value is -3.94. The minimum atomic E-state index is -1.25. The molecule has 4 atom stereocenters. The fraction of sp³-hybridized carbons (Fsp3) is 0.333. The fourth-order valence-corrected chi connectivity index (χ4v) is 5.59. The summed E-state index contributed by atoms with van der Waals surface area (Å²) < 4.78 is 0. The molecule has 43 heavy (non-hydrogen) atoms. The first-order valence-electron chi connectivity index (χ1n) is 13.8. The van der Waals surface area contributed by atoms with E-state index in [1.54, 1.807) is 24.2 Å². The number of thioether (sulfide) groups is 1. The minimum absolute atomic E-state index is 0.0332. The molecule has 2 aromatic carbocycles. The average molecular weight is 625 g/mol. The maximum Gasteiger partial charge on any atom is 0.326 e. The van der Waals surface area contributed by atoms with Crippen LogP contribution in [0, 0.1) is 0 Å². The Balaban J connectivity index is 1.48. The van der Waals surface area contributed by atoms with Gasteiger partial charge < -0.3 is 36.8 Å². The van der Waals surface area contributed by atoms with Gasteiger partial charge in [-0.15, -0.1) is 0 Å². The Morgan fingerprint density at radius 2 is 1.30 bits per heavy atom. The Kier molecular flexibility index (Phi) is 11.1.